The molecule has 0 saturated carbocycles. The van der Waals surface area contributed by atoms with Gasteiger partial charge in [-0.25, -0.2) is 0 Å². The molecule has 1 aromatic rings. The molecule has 0 radical (unpaired) electrons. The van der Waals surface area contributed by atoms with Crippen LogP contribution in [0.5, 0.6) is 0 Å². The Hall–Kier alpha value is -1.19. The van der Waals surface area contributed by atoms with Crippen LogP contribution in [0.15, 0.2) is 24.3 Å². The van der Waals surface area contributed by atoms with Crippen molar-refractivity contribution in [2.24, 2.45) is 0 Å². The number of hydrogen-bond donors (Lipinski definition) is 1. The summed E-state index contributed by atoms with van der Waals surface area (Å²) in [7, 11) is 2.01. The van der Waals surface area contributed by atoms with Gasteiger partial charge in [0.15, 0.2) is 5.78 Å². The van der Waals surface area contributed by atoms with Gasteiger partial charge in [-0.15, -0.1) is 0 Å². The van der Waals surface area contributed by atoms with E-state index in [1.54, 1.807) is 0 Å². The number of carbonyl (C=O) groups excluding carboxylic acids is 1. The molecule has 0 spiro atoms. The monoisotopic (exact) mass is 218 g/mol. The molecule has 1 unspecified atom stereocenters. The molecule has 1 heterocycles. The molecule has 0 bridgehead atoms. The maximum absolute atomic E-state index is 12.2. The van der Waals surface area contributed by atoms with Gasteiger partial charge in [0.25, 0.3) is 0 Å². The molecule has 16 heavy (non-hydrogen) atoms. The van der Waals surface area contributed by atoms with Crippen LogP contribution in [0.2, 0.25) is 0 Å². The molecule has 0 amide bonds. The fourth-order valence-electron chi connectivity index (χ4n) is 2.01. The predicted octanol–water partition coefficient (Wildman–Crippen LogP) is 1.08. The van der Waals surface area contributed by atoms with Crippen molar-refractivity contribution in [3.63, 3.8) is 0 Å². The van der Waals surface area contributed by atoms with Crippen molar-refractivity contribution >= 4 is 5.78 Å². The summed E-state index contributed by atoms with van der Waals surface area (Å²) in [6.07, 6.45) is 0. The molecule has 0 aliphatic carbocycles. The van der Waals surface area contributed by atoms with Crippen molar-refractivity contribution in [2.45, 2.75) is 13.0 Å². The number of likely N-dealkylation sites (N-methyl/N-ethyl adjacent to an activating group) is 1. The van der Waals surface area contributed by atoms with Crippen molar-refractivity contribution in [3.05, 3.63) is 35.4 Å². The van der Waals surface area contributed by atoms with Crippen LogP contribution in [0.1, 0.15) is 15.9 Å². The van der Waals surface area contributed by atoms with E-state index in [2.05, 4.69) is 10.2 Å². The van der Waals surface area contributed by atoms with E-state index >= 15 is 0 Å². The fraction of sp³-hybridized carbons (Fsp3) is 0.462. The number of hydrogen-bond acceptors (Lipinski definition) is 3. The van der Waals surface area contributed by atoms with Gasteiger partial charge in [0.1, 0.15) is 0 Å². The Morgan fingerprint density at radius 3 is 2.69 bits per heavy atom. The molecule has 0 aromatic heterocycles. The summed E-state index contributed by atoms with van der Waals surface area (Å²) in [5.41, 5.74) is 2.00. The molecule has 1 aliphatic rings. The highest BCUT2D eigenvalue weighted by Gasteiger charge is 2.26. The first kappa shape index (κ1) is 11.3. The number of benzene rings is 1. The highest BCUT2D eigenvalue weighted by molar-refractivity contribution is 6.00. The molecule has 1 fully saturated rings. The third-order valence-electron chi connectivity index (χ3n) is 3.15. The van der Waals surface area contributed by atoms with E-state index < -0.39 is 0 Å². The highest BCUT2D eigenvalue weighted by Crippen LogP contribution is 2.10. The van der Waals surface area contributed by atoms with E-state index in [0.29, 0.717) is 0 Å². The van der Waals surface area contributed by atoms with Gasteiger partial charge in [-0.1, -0.05) is 29.8 Å². The summed E-state index contributed by atoms with van der Waals surface area (Å²) in [4.78, 5) is 14.4. The number of carbonyl (C=O) groups is 1. The number of nitrogens with zero attached hydrogens (tertiary/aromatic N) is 1. The van der Waals surface area contributed by atoms with Crippen LogP contribution < -0.4 is 5.32 Å². The Balaban J connectivity index is 2.14. The van der Waals surface area contributed by atoms with Gasteiger partial charge < -0.3 is 5.32 Å². The zero-order chi connectivity index (χ0) is 11.5. The van der Waals surface area contributed by atoms with Gasteiger partial charge in [-0.3, -0.25) is 9.69 Å². The van der Waals surface area contributed by atoms with Crippen molar-refractivity contribution in [1.29, 1.82) is 0 Å². The average molecular weight is 218 g/mol. The quantitative estimate of drug-likeness (QED) is 0.754. The van der Waals surface area contributed by atoms with Crippen LogP contribution in [0.4, 0.5) is 0 Å². The third kappa shape index (κ3) is 2.31. The molecule has 86 valence electrons. The first-order chi connectivity index (χ1) is 7.68. The molecule has 1 aromatic carbocycles. The maximum atomic E-state index is 12.2. The molecular formula is C13H18N2O. The standard InChI is InChI=1S/C13H18N2O/c1-10-3-5-11(6-4-10)13(16)12-9-14-7-8-15(12)2/h3-6,12,14H,7-9H2,1-2H3. The number of ketones is 1. The van der Waals surface area contributed by atoms with E-state index in [0.717, 1.165) is 25.2 Å². The van der Waals surface area contributed by atoms with E-state index in [-0.39, 0.29) is 11.8 Å². The minimum atomic E-state index is -0.0172. The molecule has 3 nitrogen and oxygen atoms in total. The van der Waals surface area contributed by atoms with Gasteiger partial charge in [0, 0.05) is 25.2 Å². The van der Waals surface area contributed by atoms with Crippen LogP contribution in [0, 0.1) is 6.92 Å². The zero-order valence-corrected chi connectivity index (χ0v) is 9.86. The van der Waals surface area contributed by atoms with Crippen molar-refractivity contribution < 1.29 is 4.79 Å². The summed E-state index contributed by atoms with van der Waals surface area (Å²) < 4.78 is 0. The van der Waals surface area contributed by atoms with Gasteiger partial charge in [0.05, 0.1) is 6.04 Å². The lowest BCUT2D eigenvalue weighted by molar-refractivity contribution is 0.0819. The molecule has 1 aliphatic heterocycles. The number of nitrogens with one attached hydrogen (secondary N) is 1. The number of piperazine rings is 1. The van der Waals surface area contributed by atoms with E-state index in [9.17, 15) is 4.79 Å². The first-order valence-electron chi connectivity index (χ1n) is 5.70. The lowest BCUT2D eigenvalue weighted by Gasteiger charge is -2.31. The van der Waals surface area contributed by atoms with Crippen LogP contribution in [0.25, 0.3) is 0 Å². The van der Waals surface area contributed by atoms with E-state index in [1.165, 1.54) is 5.56 Å². The molecule has 1 saturated heterocycles. The Bertz CT molecular complexity index is 372. The zero-order valence-electron chi connectivity index (χ0n) is 9.86. The molecule has 1 atom stereocenters. The lowest BCUT2D eigenvalue weighted by atomic mass is 10.0. The van der Waals surface area contributed by atoms with Gasteiger partial charge >= 0.3 is 0 Å². The van der Waals surface area contributed by atoms with Crippen molar-refractivity contribution in [2.75, 3.05) is 26.7 Å². The summed E-state index contributed by atoms with van der Waals surface area (Å²) in [6.45, 7) is 4.68. The number of Topliss-reactive ketones (excluding diaryl/α,β-unsaturated/α-hetero) is 1. The van der Waals surface area contributed by atoms with Crippen LogP contribution in [0.3, 0.4) is 0 Å². The largest absolute Gasteiger partial charge is 0.313 e. The average Bonchev–Trinajstić information content (AvgIpc) is 2.30. The predicted molar refractivity (Wildman–Crippen MR) is 64.8 cm³/mol. The molecule has 3 heteroatoms. The fourth-order valence-corrected chi connectivity index (χ4v) is 2.01. The van der Waals surface area contributed by atoms with Crippen LogP contribution in [-0.4, -0.2) is 43.4 Å². The minimum absolute atomic E-state index is 0.0172. The Labute approximate surface area is 96.5 Å². The lowest BCUT2D eigenvalue weighted by Crippen LogP contribution is -2.53. The highest BCUT2D eigenvalue weighted by atomic mass is 16.1. The summed E-state index contributed by atoms with van der Waals surface area (Å²) in [5.74, 6) is 0.217. The Kier molecular flexibility index (Phi) is 3.36. The Morgan fingerprint density at radius 1 is 1.38 bits per heavy atom. The third-order valence-corrected chi connectivity index (χ3v) is 3.15. The molecular weight excluding hydrogens is 200 g/mol. The topological polar surface area (TPSA) is 32.3 Å². The Morgan fingerprint density at radius 2 is 2.06 bits per heavy atom. The number of rotatable bonds is 2. The maximum Gasteiger partial charge on any atom is 0.181 e. The van der Waals surface area contributed by atoms with Gasteiger partial charge in [0.2, 0.25) is 0 Å². The smallest absolute Gasteiger partial charge is 0.181 e. The second-order valence-corrected chi connectivity index (χ2v) is 4.43. The molecule has 2 rings (SSSR count). The van der Waals surface area contributed by atoms with Gasteiger partial charge in [-0.05, 0) is 14.0 Å². The minimum Gasteiger partial charge on any atom is -0.313 e. The van der Waals surface area contributed by atoms with Crippen molar-refractivity contribution in [3.8, 4) is 0 Å². The SMILES string of the molecule is Cc1ccc(C(=O)C2CNCCN2C)cc1. The first-order valence-corrected chi connectivity index (χ1v) is 5.70. The van der Waals surface area contributed by atoms with Crippen molar-refractivity contribution in [1.82, 2.24) is 10.2 Å². The second kappa shape index (κ2) is 4.76. The van der Waals surface area contributed by atoms with E-state index in [1.807, 2.05) is 38.2 Å². The van der Waals surface area contributed by atoms with Crippen LogP contribution >= 0.6 is 0 Å². The summed E-state index contributed by atoms with van der Waals surface area (Å²) in [6, 6.07) is 7.80. The summed E-state index contributed by atoms with van der Waals surface area (Å²) in [5, 5.41) is 3.26. The van der Waals surface area contributed by atoms with Crippen LogP contribution in [-0.2, 0) is 0 Å². The molecule has 1 N–H and O–H groups in total. The second-order valence-electron chi connectivity index (χ2n) is 4.43. The number of aryl methyl sites for hydroxylation is 1. The van der Waals surface area contributed by atoms with Gasteiger partial charge in [-0.2, -0.15) is 0 Å². The summed E-state index contributed by atoms with van der Waals surface area (Å²) >= 11 is 0. The van der Waals surface area contributed by atoms with E-state index in [4.69, 9.17) is 0 Å². The normalized spacial score (nSPS) is 22.0.